The number of nitrogens with zero attached hydrogens (tertiary/aromatic N) is 1. The van der Waals surface area contributed by atoms with E-state index in [1.54, 1.807) is 0 Å². The molecule has 0 spiro atoms. The summed E-state index contributed by atoms with van der Waals surface area (Å²) in [6.45, 7) is 1.14. The fraction of sp³-hybridized carbons (Fsp3) is 0.368. The molecule has 0 bridgehead atoms. The average molecular weight is 278 g/mol. The summed E-state index contributed by atoms with van der Waals surface area (Å²) in [5.41, 5.74) is 5.92. The Morgan fingerprint density at radius 1 is 1.00 bits per heavy atom. The zero-order valence-corrected chi connectivity index (χ0v) is 12.5. The van der Waals surface area contributed by atoms with E-state index >= 15 is 0 Å². The molecular formula is C19H22N2. The van der Waals surface area contributed by atoms with Crippen molar-refractivity contribution in [1.29, 1.82) is 0 Å². The van der Waals surface area contributed by atoms with E-state index < -0.39 is 0 Å². The highest BCUT2D eigenvalue weighted by atomic mass is 15.2. The Hall–Kier alpha value is -1.80. The molecule has 2 nitrogen and oxygen atoms in total. The third kappa shape index (κ3) is 2.14. The van der Waals surface area contributed by atoms with Gasteiger partial charge in [-0.25, -0.2) is 0 Å². The molecule has 2 aliphatic rings. The normalized spacial score (nSPS) is 23.8. The van der Waals surface area contributed by atoms with Crippen molar-refractivity contribution in [1.82, 2.24) is 5.32 Å². The number of fused-ring (bicyclic) bond motifs is 5. The summed E-state index contributed by atoms with van der Waals surface area (Å²) in [4.78, 5) is 2.63. The van der Waals surface area contributed by atoms with Gasteiger partial charge in [0.1, 0.15) is 0 Å². The minimum Gasteiger partial charge on any atom is -0.364 e. The van der Waals surface area contributed by atoms with Gasteiger partial charge >= 0.3 is 0 Å². The smallest absolute Gasteiger partial charge is 0.0560 e. The van der Waals surface area contributed by atoms with Gasteiger partial charge in [0, 0.05) is 18.3 Å². The van der Waals surface area contributed by atoms with Crippen molar-refractivity contribution in [3.63, 3.8) is 0 Å². The van der Waals surface area contributed by atoms with Gasteiger partial charge in [-0.05, 0) is 49.1 Å². The Kier molecular flexibility index (Phi) is 3.19. The van der Waals surface area contributed by atoms with Gasteiger partial charge in [0.2, 0.25) is 0 Å². The summed E-state index contributed by atoms with van der Waals surface area (Å²) in [5, 5.41) is 3.49. The van der Waals surface area contributed by atoms with Crippen LogP contribution in [-0.2, 0) is 6.42 Å². The molecule has 1 fully saturated rings. The first-order valence-corrected chi connectivity index (χ1v) is 7.96. The summed E-state index contributed by atoms with van der Waals surface area (Å²) in [5.74, 6) is 0. The predicted octanol–water partition coefficient (Wildman–Crippen LogP) is 3.52. The van der Waals surface area contributed by atoms with Crippen LogP contribution in [0.1, 0.15) is 35.6 Å². The Morgan fingerprint density at radius 2 is 1.76 bits per heavy atom. The molecular weight excluding hydrogens is 256 g/mol. The highest BCUT2D eigenvalue weighted by molar-refractivity contribution is 5.60. The number of nitrogens with one attached hydrogen (secondary N) is 1. The number of hydrogen-bond donors (Lipinski definition) is 1. The van der Waals surface area contributed by atoms with Gasteiger partial charge in [-0.3, -0.25) is 0 Å². The molecule has 1 N–H and O–H groups in total. The molecule has 0 saturated carbocycles. The third-order valence-electron chi connectivity index (χ3n) is 5.11. The summed E-state index contributed by atoms with van der Waals surface area (Å²) < 4.78 is 0. The summed E-state index contributed by atoms with van der Waals surface area (Å²) in [6, 6.07) is 19.1. The van der Waals surface area contributed by atoms with Crippen LogP contribution < -0.4 is 10.2 Å². The molecule has 1 saturated heterocycles. The number of para-hydroxylation sites is 1. The lowest BCUT2D eigenvalue weighted by Gasteiger charge is -2.41. The van der Waals surface area contributed by atoms with Crippen LogP contribution in [0.3, 0.4) is 0 Å². The molecule has 0 amide bonds. The van der Waals surface area contributed by atoms with E-state index in [1.165, 1.54) is 35.2 Å². The molecule has 0 radical (unpaired) electrons. The first-order chi connectivity index (χ1) is 10.4. The van der Waals surface area contributed by atoms with Crippen LogP contribution in [0.25, 0.3) is 0 Å². The van der Waals surface area contributed by atoms with E-state index in [0.29, 0.717) is 12.1 Å². The van der Waals surface area contributed by atoms with Crippen LogP contribution in [0, 0.1) is 0 Å². The van der Waals surface area contributed by atoms with Crippen LogP contribution in [-0.4, -0.2) is 19.6 Å². The lowest BCUT2D eigenvalue weighted by atomic mass is 9.89. The number of rotatable bonds is 1. The minimum absolute atomic E-state index is 0.510. The molecule has 2 unspecified atom stereocenters. The van der Waals surface area contributed by atoms with Gasteiger partial charge in [-0.15, -0.1) is 0 Å². The van der Waals surface area contributed by atoms with E-state index in [0.717, 1.165) is 13.0 Å². The second-order valence-electron chi connectivity index (χ2n) is 6.22. The van der Waals surface area contributed by atoms with Crippen molar-refractivity contribution in [2.75, 3.05) is 18.5 Å². The molecule has 0 aliphatic carbocycles. The summed E-state index contributed by atoms with van der Waals surface area (Å²) >= 11 is 0. The molecule has 2 atom stereocenters. The molecule has 2 aliphatic heterocycles. The maximum absolute atomic E-state index is 3.49. The van der Waals surface area contributed by atoms with Crippen LogP contribution in [0.5, 0.6) is 0 Å². The highest BCUT2D eigenvalue weighted by Gasteiger charge is 2.33. The molecule has 2 aromatic rings. The van der Waals surface area contributed by atoms with Gasteiger partial charge < -0.3 is 10.2 Å². The first kappa shape index (κ1) is 12.9. The second kappa shape index (κ2) is 5.19. The Labute approximate surface area is 126 Å². The average Bonchev–Trinajstić information content (AvgIpc) is 2.69. The quantitative estimate of drug-likeness (QED) is 0.858. The van der Waals surface area contributed by atoms with Crippen molar-refractivity contribution in [2.24, 2.45) is 0 Å². The number of anilines is 1. The molecule has 4 rings (SSSR count). The zero-order valence-electron chi connectivity index (χ0n) is 12.5. The van der Waals surface area contributed by atoms with Crippen LogP contribution in [0.2, 0.25) is 0 Å². The number of piperidine rings is 1. The fourth-order valence-electron chi connectivity index (χ4n) is 3.98. The van der Waals surface area contributed by atoms with E-state index in [9.17, 15) is 0 Å². The Bertz CT molecular complexity index is 650. The predicted molar refractivity (Wildman–Crippen MR) is 87.9 cm³/mol. The van der Waals surface area contributed by atoms with Crippen molar-refractivity contribution >= 4 is 5.69 Å². The molecule has 0 aromatic heterocycles. The van der Waals surface area contributed by atoms with Gasteiger partial charge in [0.15, 0.2) is 0 Å². The molecule has 2 aromatic carbocycles. The minimum atomic E-state index is 0.510. The van der Waals surface area contributed by atoms with E-state index in [1.807, 2.05) is 0 Å². The maximum Gasteiger partial charge on any atom is 0.0560 e. The lowest BCUT2D eigenvalue weighted by molar-refractivity contribution is 0.379. The standard InChI is InChI=1S/C19H22N2/c1-20-16-10-11-21-18-9-5-3-7-15(18)12-14-6-2-4-8-17(14)19(21)13-16/h2-9,16,19-20H,10-13H2,1H3. The third-order valence-corrected chi connectivity index (χ3v) is 5.11. The fourth-order valence-corrected chi connectivity index (χ4v) is 3.98. The van der Waals surface area contributed by atoms with Crippen molar-refractivity contribution < 1.29 is 0 Å². The molecule has 21 heavy (non-hydrogen) atoms. The van der Waals surface area contributed by atoms with E-state index in [4.69, 9.17) is 0 Å². The SMILES string of the molecule is CNC1CCN2c3ccccc3Cc3ccccc3C2C1. The largest absolute Gasteiger partial charge is 0.364 e. The van der Waals surface area contributed by atoms with Crippen LogP contribution >= 0.6 is 0 Å². The topological polar surface area (TPSA) is 15.3 Å². The first-order valence-electron chi connectivity index (χ1n) is 7.96. The van der Waals surface area contributed by atoms with Crippen molar-refractivity contribution in [3.8, 4) is 0 Å². The Morgan fingerprint density at radius 3 is 2.62 bits per heavy atom. The van der Waals surface area contributed by atoms with Gasteiger partial charge in [-0.2, -0.15) is 0 Å². The van der Waals surface area contributed by atoms with Crippen molar-refractivity contribution in [2.45, 2.75) is 31.3 Å². The summed E-state index contributed by atoms with van der Waals surface area (Å²) in [7, 11) is 2.09. The van der Waals surface area contributed by atoms with Gasteiger partial charge in [0.25, 0.3) is 0 Å². The van der Waals surface area contributed by atoms with Gasteiger partial charge in [0.05, 0.1) is 6.04 Å². The zero-order chi connectivity index (χ0) is 14.2. The molecule has 108 valence electrons. The van der Waals surface area contributed by atoms with Gasteiger partial charge in [-0.1, -0.05) is 42.5 Å². The lowest BCUT2D eigenvalue weighted by Crippen LogP contribution is -2.43. The maximum atomic E-state index is 3.49. The highest BCUT2D eigenvalue weighted by Crippen LogP contribution is 2.41. The molecule has 2 heterocycles. The van der Waals surface area contributed by atoms with Crippen LogP contribution in [0.15, 0.2) is 48.5 Å². The van der Waals surface area contributed by atoms with Crippen LogP contribution in [0.4, 0.5) is 5.69 Å². The number of benzene rings is 2. The van der Waals surface area contributed by atoms with E-state index in [-0.39, 0.29) is 0 Å². The Balaban J connectivity index is 1.86. The summed E-state index contributed by atoms with van der Waals surface area (Å²) in [6.07, 6.45) is 3.48. The van der Waals surface area contributed by atoms with E-state index in [2.05, 4.69) is 65.8 Å². The molecule has 2 heteroatoms. The van der Waals surface area contributed by atoms with Crippen molar-refractivity contribution in [3.05, 3.63) is 65.2 Å². The second-order valence-corrected chi connectivity index (χ2v) is 6.22. The monoisotopic (exact) mass is 278 g/mol. The number of hydrogen-bond acceptors (Lipinski definition) is 2.